The van der Waals surface area contributed by atoms with Crippen LogP contribution in [0.2, 0.25) is 0 Å². The van der Waals surface area contributed by atoms with Gasteiger partial charge in [0.2, 0.25) is 0 Å². The molecule has 1 atom stereocenters. The number of carbonyl (C=O) groups is 1. The molecule has 122 valence electrons. The molecule has 1 saturated carbocycles. The van der Waals surface area contributed by atoms with Crippen molar-refractivity contribution < 1.29 is 13.4 Å². The van der Waals surface area contributed by atoms with Gasteiger partial charge < -0.3 is 9.73 Å². The van der Waals surface area contributed by atoms with E-state index in [9.17, 15) is 9.00 Å². The molecule has 1 aromatic heterocycles. The molecule has 1 heterocycles. The number of hydrogen-bond donors (Lipinski definition) is 1. The molecule has 1 N–H and O–H groups in total. The summed E-state index contributed by atoms with van der Waals surface area (Å²) in [6.07, 6.45) is 5.67. The van der Waals surface area contributed by atoms with E-state index in [1.807, 2.05) is 30.3 Å². The molecule has 4 nitrogen and oxygen atoms in total. The molecule has 0 saturated heterocycles. The summed E-state index contributed by atoms with van der Waals surface area (Å²) in [5.41, 5.74) is 0. The highest BCUT2D eigenvalue weighted by Crippen LogP contribution is 2.19. The van der Waals surface area contributed by atoms with Crippen molar-refractivity contribution in [2.75, 3.05) is 0 Å². The van der Waals surface area contributed by atoms with Crippen LogP contribution in [0.25, 0.3) is 0 Å². The fourth-order valence-corrected chi connectivity index (χ4v) is 3.91. The van der Waals surface area contributed by atoms with E-state index < -0.39 is 10.8 Å². The van der Waals surface area contributed by atoms with Gasteiger partial charge in [0, 0.05) is 10.9 Å². The zero-order valence-electron chi connectivity index (χ0n) is 13.0. The Bertz CT molecular complexity index is 675. The van der Waals surface area contributed by atoms with Crippen molar-refractivity contribution >= 4 is 16.7 Å². The van der Waals surface area contributed by atoms with E-state index in [1.165, 1.54) is 19.3 Å². The summed E-state index contributed by atoms with van der Waals surface area (Å²) in [4.78, 5) is 13.0. The Labute approximate surface area is 138 Å². The van der Waals surface area contributed by atoms with Crippen LogP contribution in [0.4, 0.5) is 0 Å². The zero-order valence-corrected chi connectivity index (χ0v) is 13.8. The lowest BCUT2D eigenvalue weighted by atomic mass is 9.95. The molecule has 0 aliphatic heterocycles. The Kier molecular flexibility index (Phi) is 5.28. The van der Waals surface area contributed by atoms with Gasteiger partial charge in [0.15, 0.2) is 5.76 Å². The van der Waals surface area contributed by atoms with Crippen LogP contribution in [0.1, 0.15) is 48.4 Å². The Morgan fingerprint density at radius 3 is 2.57 bits per heavy atom. The second kappa shape index (κ2) is 7.59. The smallest absolute Gasteiger partial charge is 0.287 e. The first-order valence-electron chi connectivity index (χ1n) is 8.05. The highest BCUT2D eigenvalue weighted by atomic mass is 32.2. The lowest BCUT2D eigenvalue weighted by Crippen LogP contribution is -2.35. The quantitative estimate of drug-likeness (QED) is 0.910. The first kappa shape index (κ1) is 16.0. The molecule has 1 aromatic carbocycles. The summed E-state index contributed by atoms with van der Waals surface area (Å²) in [5.74, 6) is 0.978. The van der Waals surface area contributed by atoms with Crippen molar-refractivity contribution in [3.05, 3.63) is 54.0 Å². The molecule has 0 bridgehead atoms. The maximum Gasteiger partial charge on any atom is 0.287 e. The molecule has 1 aliphatic carbocycles. The van der Waals surface area contributed by atoms with Crippen molar-refractivity contribution in [2.24, 2.45) is 0 Å². The van der Waals surface area contributed by atoms with Crippen molar-refractivity contribution in [3.8, 4) is 0 Å². The summed E-state index contributed by atoms with van der Waals surface area (Å²) in [6, 6.07) is 12.9. The van der Waals surface area contributed by atoms with Gasteiger partial charge in [-0.15, -0.1) is 0 Å². The van der Waals surface area contributed by atoms with Gasteiger partial charge in [0.1, 0.15) is 5.76 Å². The monoisotopic (exact) mass is 331 g/mol. The minimum absolute atomic E-state index is 0.173. The Hall–Kier alpha value is -1.88. The van der Waals surface area contributed by atoms with Crippen LogP contribution in [0, 0.1) is 0 Å². The number of hydrogen-bond acceptors (Lipinski definition) is 3. The van der Waals surface area contributed by atoms with Gasteiger partial charge >= 0.3 is 0 Å². The maximum atomic E-state index is 12.3. The minimum atomic E-state index is -1.17. The lowest BCUT2D eigenvalue weighted by Gasteiger charge is -2.22. The Morgan fingerprint density at radius 2 is 1.83 bits per heavy atom. The minimum Gasteiger partial charge on any atom is -0.455 e. The standard InChI is InChI=1S/C18H21NO3S/c20-18(19-14-7-3-1-4-8-14)17-12-11-15(22-17)13-23(21)16-9-5-2-6-10-16/h2,5-6,9-12,14H,1,3-4,7-8,13H2,(H,19,20). The van der Waals surface area contributed by atoms with Gasteiger partial charge in [-0.3, -0.25) is 9.00 Å². The SMILES string of the molecule is O=C(NC1CCCCC1)c1ccc(CS(=O)c2ccccc2)o1. The molecule has 23 heavy (non-hydrogen) atoms. The van der Waals surface area contributed by atoms with Crippen LogP contribution >= 0.6 is 0 Å². The van der Waals surface area contributed by atoms with E-state index in [-0.39, 0.29) is 17.7 Å². The van der Waals surface area contributed by atoms with Gasteiger partial charge in [0.25, 0.3) is 5.91 Å². The molecular weight excluding hydrogens is 310 g/mol. The lowest BCUT2D eigenvalue weighted by molar-refractivity contribution is 0.0898. The Morgan fingerprint density at radius 1 is 1.09 bits per heavy atom. The molecule has 2 aromatic rings. The third-order valence-corrected chi connectivity index (χ3v) is 5.45. The number of rotatable bonds is 5. The summed E-state index contributed by atoms with van der Waals surface area (Å²) in [7, 11) is -1.17. The first-order valence-corrected chi connectivity index (χ1v) is 9.37. The summed E-state index contributed by atoms with van der Waals surface area (Å²) in [6.45, 7) is 0. The molecule has 0 spiro atoms. The highest BCUT2D eigenvalue weighted by Gasteiger charge is 2.19. The van der Waals surface area contributed by atoms with E-state index in [1.54, 1.807) is 12.1 Å². The van der Waals surface area contributed by atoms with Gasteiger partial charge in [0.05, 0.1) is 16.6 Å². The van der Waals surface area contributed by atoms with Crippen LogP contribution in [-0.4, -0.2) is 16.2 Å². The fourth-order valence-electron chi connectivity index (χ4n) is 2.87. The van der Waals surface area contributed by atoms with Crippen LogP contribution in [-0.2, 0) is 16.6 Å². The molecule has 0 radical (unpaired) electrons. The third-order valence-electron chi connectivity index (χ3n) is 4.11. The number of nitrogens with one attached hydrogen (secondary N) is 1. The van der Waals surface area contributed by atoms with E-state index in [2.05, 4.69) is 5.32 Å². The molecule has 1 fully saturated rings. The molecule has 1 aliphatic rings. The summed E-state index contributed by atoms with van der Waals surface area (Å²) in [5, 5.41) is 3.02. The van der Waals surface area contributed by atoms with Gasteiger partial charge in [-0.05, 0) is 37.1 Å². The van der Waals surface area contributed by atoms with Crippen molar-refractivity contribution in [3.63, 3.8) is 0 Å². The third kappa shape index (κ3) is 4.32. The molecular formula is C18H21NO3S. The average Bonchev–Trinajstić information content (AvgIpc) is 3.05. The first-order chi connectivity index (χ1) is 11.2. The second-order valence-electron chi connectivity index (χ2n) is 5.88. The fraction of sp³-hybridized carbons (Fsp3) is 0.389. The normalized spacial score (nSPS) is 16.9. The van der Waals surface area contributed by atoms with E-state index in [4.69, 9.17) is 4.42 Å². The van der Waals surface area contributed by atoms with Crippen molar-refractivity contribution in [1.29, 1.82) is 0 Å². The van der Waals surface area contributed by atoms with E-state index >= 15 is 0 Å². The highest BCUT2D eigenvalue weighted by molar-refractivity contribution is 7.84. The zero-order chi connectivity index (χ0) is 16.1. The van der Waals surface area contributed by atoms with E-state index in [0.29, 0.717) is 11.5 Å². The average molecular weight is 331 g/mol. The van der Waals surface area contributed by atoms with Crippen LogP contribution < -0.4 is 5.32 Å². The van der Waals surface area contributed by atoms with Crippen molar-refractivity contribution in [2.45, 2.75) is 48.8 Å². The summed E-state index contributed by atoms with van der Waals surface area (Å²) < 4.78 is 17.8. The summed E-state index contributed by atoms with van der Waals surface area (Å²) >= 11 is 0. The molecule has 1 amide bonds. The topological polar surface area (TPSA) is 59.3 Å². The second-order valence-corrected chi connectivity index (χ2v) is 7.33. The molecule has 3 rings (SSSR count). The Balaban J connectivity index is 1.59. The van der Waals surface area contributed by atoms with Crippen molar-refractivity contribution in [1.82, 2.24) is 5.32 Å². The van der Waals surface area contributed by atoms with Gasteiger partial charge in [-0.25, -0.2) is 0 Å². The molecule has 5 heteroatoms. The van der Waals surface area contributed by atoms with Gasteiger partial charge in [-0.2, -0.15) is 0 Å². The van der Waals surface area contributed by atoms with Crippen LogP contribution in [0.5, 0.6) is 0 Å². The molecule has 1 unspecified atom stereocenters. The van der Waals surface area contributed by atoms with E-state index in [0.717, 1.165) is 17.7 Å². The maximum absolute atomic E-state index is 12.3. The predicted octanol–water partition coefficient (Wildman–Crippen LogP) is 3.65. The van der Waals surface area contributed by atoms with Crippen LogP contribution in [0.3, 0.4) is 0 Å². The number of benzene rings is 1. The number of carbonyl (C=O) groups excluding carboxylic acids is 1. The van der Waals surface area contributed by atoms with Crippen LogP contribution in [0.15, 0.2) is 51.8 Å². The van der Waals surface area contributed by atoms with Gasteiger partial charge in [-0.1, -0.05) is 37.5 Å². The number of furan rings is 1. The predicted molar refractivity (Wildman–Crippen MR) is 89.6 cm³/mol. The largest absolute Gasteiger partial charge is 0.455 e. The number of amides is 1.